The molecule has 0 aliphatic heterocycles. The van der Waals surface area contributed by atoms with Crippen molar-refractivity contribution in [3.05, 3.63) is 89.8 Å². The first-order valence-corrected chi connectivity index (χ1v) is 35.0. The molecule has 0 amide bonds. The minimum Gasteiger partial charge on any atom is -0.512 e. The third kappa shape index (κ3) is 11.4. The molecule has 8 heteroatoms. The maximum absolute atomic E-state index is 11.7. The number of aliphatic hydroxyl groups excluding tert-OH is 1. The molecule has 62 heavy (non-hydrogen) atoms. The molecular formula is C54H82IrNO2SSi3-. The number of carbonyl (C=O) groups excluding carboxylic acids is 1. The fourth-order valence-corrected chi connectivity index (χ4v) is 18.0. The predicted octanol–water partition coefficient (Wildman–Crippen LogP) is 17.7. The summed E-state index contributed by atoms with van der Waals surface area (Å²) in [5.41, 5.74) is 7.26. The monoisotopic (exact) mass is 1090 g/mol. The minimum absolute atomic E-state index is 0. The topological polar surface area (TPSA) is 50.2 Å². The van der Waals surface area contributed by atoms with Crippen LogP contribution >= 0.6 is 11.3 Å². The van der Waals surface area contributed by atoms with Gasteiger partial charge in [-0.2, -0.15) is 0 Å². The van der Waals surface area contributed by atoms with Gasteiger partial charge in [0.1, 0.15) is 0 Å². The van der Waals surface area contributed by atoms with Gasteiger partial charge in [-0.1, -0.05) is 169 Å². The number of allylic oxidation sites excluding steroid dienone is 2. The van der Waals surface area contributed by atoms with Crippen LogP contribution in [-0.2, 0) is 35.7 Å². The van der Waals surface area contributed by atoms with Gasteiger partial charge in [-0.25, -0.2) is 0 Å². The number of ketones is 1. The van der Waals surface area contributed by atoms with Gasteiger partial charge in [0.15, 0.2) is 5.78 Å². The van der Waals surface area contributed by atoms with Crippen molar-refractivity contribution < 1.29 is 30.0 Å². The van der Waals surface area contributed by atoms with Crippen LogP contribution in [0.1, 0.15) is 106 Å². The number of aromatic nitrogens is 1. The van der Waals surface area contributed by atoms with Gasteiger partial charge in [0.2, 0.25) is 0 Å². The summed E-state index contributed by atoms with van der Waals surface area (Å²) in [5.74, 6) is 0.547. The zero-order valence-electron chi connectivity index (χ0n) is 42.1. The molecule has 0 aliphatic carbocycles. The minimum atomic E-state index is -1.52. The van der Waals surface area contributed by atoms with E-state index < -0.39 is 24.2 Å². The van der Waals surface area contributed by atoms with E-state index in [-0.39, 0.29) is 54.3 Å². The number of rotatable bonds is 15. The van der Waals surface area contributed by atoms with Crippen molar-refractivity contribution in [1.29, 1.82) is 0 Å². The Morgan fingerprint density at radius 3 is 1.73 bits per heavy atom. The number of hydrogen-bond acceptors (Lipinski definition) is 4. The summed E-state index contributed by atoms with van der Waals surface area (Å²) in [5, 5.41) is 14.9. The summed E-state index contributed by atoms with van der Waals surface area (Å²) in [6.45, 7) is 46.4. The Kier molecular flexibility index (Phi) is 18.3. The van der Waals surface area contributed by atoms with E-state index in [2.05, 4.69) is 161 Å². The first kappa shape index (κ1) is 54.1. The summed E-state index contributed by atoms with van der Waals surface area (Å²) >= 11 is 1.94. The summed E-state index contributed by atoms with van der Waals surface area (Å²) in [7, 11) is -4.57. The smallest absolute Gasteiger partial charge is 0.162 e. The van der Waals surface area contributed by atoms with Crippen LogP contribution < -0.4 is 0 Å². The summed E-state index contributed by atoms with van der Waals surface area (Å²) < 4.78 is 2.68. The molecule has 0 aliphatic rings. The standard InChI is InChI=1S/C41H58NSSi3.C13H24O2.Ir/c1-27(44(7,8)9)41(28(2)45(10,11)12,29(3)46(13,14)15)32-20-21-34-35-22-23-42-38(39(35)43-37(34)26-32)31-24-30-18-16-17-19-33(30)36(25-31)40(4,5)6;1-5-10(6-2)12(14)9-13(15)11(7-3)8-4;/h16-23,25-29H,1-15H3;9-11,14H,5-8H2,1-4H3;/q-1;;/b;12-9-;. The Balaban J connectivity index is 0.000000548. The molecule has 3 nitrogen and oxygen atoms in total. The van der Waals surface area contributed by atoms with E-state index in [0.29, 0.717) is 16.6 Å². The van der Waals surface area contributed by atoms with Gasteiger partial charge in [-0.3, -0.25) is 9.78 Å². The van der Waals surface area contributed by atoms with Gasteiger partial charge in [0, 0.05) is 83.5 Å². The Morgan fingerprint density at radius 2 is 1.24 bits per heavy atom. The van der Waals surface area contributed by atoms with Crippen molar-refractivity contribution in [2.45, 2.75) is 181 Å². The SMILES string of the molecule is CC(C(c1ccc2c(c1)sc1c(-c3[c-]c4ccccc4c(C(C)(C)C)c3)nccc12)(C(C)[Si](C)(C)C)C(C)[Si](C)(C)C)[Si](C)(C)C.CCC(CC)C(=O)/C=C(\O)C(CC)CC.[Ir]. The summed E-state index contributed by atoms with van der Waals surface area (Å²) in [6, 6.07) is 24.7. The molecule has 1 radical (unpaired) electrons. The van der Waals surface area contributed by atoms with E-state index in [1.807, 2.05) is 45.2 Å². The number of pyridine rings is 1. The van der Waals surface area contributed by atoms with E-state index in [9.17, 15) is 9.90 Å². The van der Waals surface area contributed by atoms with E-state index in [1.165, 1.54) is 37.2 Å². The van der Waals surface area contributed by atoms with Crippen molar-refractivity contribution in [3.63, 3.8) is 0 Å². The van der Waals surface area contributed by atoms with Gasteiger partial charge < -0.3 is 5.11 Å². The molecule has 5 aromatic rings. The first-order chi connectivity index (χ1) is 28.2. The number of fused-ring (bicyclic) bond motifs is 4. The number of carbonyl (C=O) groups is 1. The van der Waals surface area contributed by atoms with Crippen LogP contribution in [0.25, 0.3) is 42.2 Å². The second kappa shape index (κ2) is 21.0. The van der Waals surface area contributed by atoms with Crippen LogP contribution in [0.15, 0.2) is 72.6 Å². The molecule has 0 fully saturated rings. The molecular weight excluding hydrogens is 1000 g/mol. The van der Waals surface area contributed by atoms with Crippen LogP contribution in [0.2, 0.25) is 75.5 Å². The van der Waals surface area contributed by atoms with E-state index in [4.69, 9.17) is 4.98 Å². The molecule has 0 bridgehead atoms. The third-order valence-electron chi connectivity index (χ3n) is 14.9. The average molecular weight is 1090 g/mol. The molecule has 3 atom stereocenters. The van der Waals surface area contributed by atoms with Gasteiger partial charge >= 0.3 is 0 Å². The van der Waals surface area contributed by atoms with Crippen LogP contribution in [0.5, 0.6) is 0 Å². The molecule has 3 unspecified atom stereocenters. The second-order valence-electron chi connectivity index (χ2n) is 22.4. The van der Waals surface area contributed by atoms with Gasteiger partial charge in [0.25, 0.3) is 0 Å². The first-order valence-electron chi connectivity index (χ1n) is 23.4. The fraction of sp³-hybridized carbons (Fsp3) is 0.556. The normalized spacial score (nSPS) is 15.6. The molecule has 1 N–H and O–H groups in total. The quantitative estimate of drug-likeness (QED) is 0.0492. The Bertz CT molecular complexity index is 2260. The Labute approximate surface area is 398 Å². The van der Waals surface area contributed by atoms with E-state index in [0.717, 1.165) is 42.3 Å². The molecule has 0 spiro atoms. The van der Waals surface area contributed by atoms with Crippen molar-refractivity contribution >= 4 is 72.3 Å². The summed E-state index contributed by atoms with van der Waals surface area (Å²) in [4.78, 5) is 16.8. The van der Waals surface area contributed by atoms with Gasteiger partial charge in [-0.05, 0) is 81.6 Å². The average Bonchev–Trinajstić information content (AvgIpc) is 3.55. The molecule has 5 rings (SSSR count). The zero-order chi connectivity index (χ0) is 46.0. The van der Waals surface area contributed by atoms with Crippen molar-refractivity contribution in [2.75, 3.05) is 0 Å². The number of nitrogens with zero attached hydrogens (tertiary/aromatic N) is 1. The number of benzene rings is 3. The summed E-state index contributed by atoms with van der Waals surface area (Å²) in [6.07, 6.45) is 6.92. The van der Waals surface area contributed by atoms with Gasteiger partial charge in [-0.15, -0.1) is 40.5 Å². The number of aliphatic hydroxyl groups is 1. The maximum Gasteiger partial charge on any atom is 0.162 e. The van der Waals surface area contributed by atoms with Crippen molar-refractivity contribution in [2.24, 2.45) is 11.8 Å². The Hall–Kier alpha value is -2.20. The Morgan fingerprint density at radius 1 is 0.726 bits per heavy atom. The van der Waals surface area contributed by atoms with Crippen LogP contribution in [0, 0.1) is 17.9 Å². The third-order valence-corrected chi connectivity index (χ3v) is 25.3. The van der Waals surface area contributed by atoms with E-state index >= 15 is 0 Å². The van der Waals surface area contributed by atoms with Crippen LogP contribution in [0.3, 0.4) is 0 Å². The largest absolute Gasteiger partial charge is 0.512 e. The zero-order valence-corrected chi connectivity index (χ0v) is 48.3. The molecule has 0 saturated heterocycles. The molecule has 2 aromatic heterocycles. The molecule has 0 saturated carbocycles. The maximum atomic E-state index is 11.7. The molecule has 343 valence electrons. The fourth-order valence-electron chi connectivity index (χ4n) is 9.95. The van der Waals surface area contributed by atoms with Gasteiger partial charge in [0.05, 0.1) is 5.76 Å². The number of thiophene rings is 1. The van der Waals surface area contributed by atoms with Crippen molar-refractivity contribution in [1.82, 2.24) is 4.98 Å². The molecule has 2 heterocycles. The predicted molar refractivity (Wildman–Crippen MR) is 281 cm³/mol. The number of hydrogen-bond donors (Lipinski definition) is 1. The van der Waals surface area contributed by atoms with Crippen molar-refractivity contribution in [3.8, 4) is 11.3 Å². The second-order valence-corrected chi connectivity index (χ2v) is 40.3. The van der Waals surface area contributed by atoms with Crippen LogP contribution in [0.4, 0.5) is 0 Å². The van der Waals surface area contributed by atoms with E-state index in [1.54, 1.807) is 5.56 Å². The van der Waals surface area contributed by atoms with Crippen LogP contribution in [-0.4, -0.2) is 40.1 Å². The molecule has 3 aromatic carbocycles.